The predicted octanol–water partition coefficient (Wildman–Crippen LogP) is 2.18. The number of anilines is 1. The summed E-state index contributed by atoms with van der Waals surface area (Å²) in [4.78, 5) is 14.6. The van der Waals surface area contributed by atoms with Gasteiger partial charge in [0, 0.05) is 23.8 Å². The molecule has 1 heterocycles. The molecule has 4 nitrogen and oxygen atoms in total. The van der Waals surface area contributed by atoms with Crippen molar-refractivity contribution in [2.75, 3.05) is 25.4 Å². The molecule has 0 spiro atoms. The Bertz CT molecular complexity index is 447. The van der Waals surface area contributed by atoms with E-state index in [0.29, 0.717) is 23.8 Å². The first-order chi connectivity index (χ1) is 9.56. The molecule has 0 bridgehead atoms. The van der Waals surface area contributed by atoms with Crippen molar-refractivity contribution in [3.63, 3.8) is 0 Å². The van der Waals surface area contributed by atoms with Crippen LogP contribution in [-0.4, -0.2) is 36.5 Å². The molecule has 0 aromatic heterocycles. The fourth-order valence-corrected chi connectivity index (χ4v) is 2.77. The van der Waals surface area contributed by atoms with E-state index < -0.39 is 0 Å². The first-order valence-electron chi connectivity index (χ1n) is 7.45. The summed E-state index contributed by atoms with van der Waals surface area (Å²) in [6.07, 6.45) is 3.87. The average Bonchev–Trinajstić information content (AvgIpc) is 2.44. The molecule has 4 heteroatoms. The highest BCUT2D eigenvalue weighted by molar-refractivity contribution is 5.95. The molecule has 1 saturated heterocycles. The fourth-order valence-electron chi connectivity index (χ4n) is 2.77. The van der Waals surface area contributed by atoms with Crippen molar-refractivity contribution in [3.05, 3.63) is 29.3 Å². The van der Waals surface area contributed by atoms with Gasteiger partial charge in [-0.3, -0.25) is 9.69 Å². The minimum Gasteiger partial charge on any atom is -0.399 e. The Morgan fingerprint density at radius 1 is 1.30 bits per heavy atom. The van der Waals surface area contributed by atoms with Crippen LogP contribution in [0.3, 0.4) is 0 Å². The number of amides is 1. The average molecular weight is 275 g/mol. The normalized spacial score (nSPS) is 17.7. The highest BCUT2D eigenvalue weighted by Gasteiger charge is 2.17. The van der Waals surface area contributed by atoms with Crippen LogP contribution in [0.1, 0.15) is 42.1 Å². The third-order valence-corrected chi connectivity index (χ3v) is 3.93. The molecule has 1 aliphatic rings. The van der Waals surface area contributed by atoms with Crippen LogP contribution < -0.4 is 11.1 Å². The van der Waals surface area contributed by atoms with E-state index in [1.54, 1.807) is 6.07 Å². The molecule has 0 saturated carbocycles. The summed E-state index contributed by atoms with van der Waals surface area (Å²) in [6, 6.07) is 5.86. The quantitative estimate of drug-likeness (QED) is 0.828. The third-order valence-electron chi connectivity index (χ3n) is 3.93. The van der Waals surface area contributed by atoms with Gasteiger partial charge >= 0.3 is 0 Å². The Morgan fingerprint density at radius 3 is 2.65 bits per heavy atom. The maximum absolute atomic E-state index is 12.2. The van der Waals surface area contributed by atoms with Crippen molar-refractivity contribution in [2.45, 2.75) is 39.2 Å². The Balaban J connectivity index is 1.87. The summed E-state index contributed by atoms with van der Waals surface area (Å²) in [5, 5.41) is 3.01. The maximum Gasteiger partial charge on any atom is 0.251 e. The van der Waals surface area contributed by atoms with Crippen LogP contribution in [-0.2, 0) is 0 Å². The molecule has 1 aromatic rings. The summed E-state index contributed by atoms with van der Waals surface area (Å²) < 4.78 is 0. The predicted molar refractivity (Wildman–Crippen MR) is 82.8 cm³/mol. The second kappa shape index (κ2) is 6.75. The molecule has 0 aliphatic carbocycles. The summed E-state index contributed by atoms with van der Waals surface area (Å²) in [7, 11) is 0. The number of likely N-dealkylation sites (tertiary alicyclic amines) is 1. The highest BCUT2D eigenvalue weighted by Crippen LogP contribution is 2.13. The number of nitrogen functional groups attached to an aromatic ring is 1. The molecule has 1 atom stereocenters. The number of hydrogen-bond donors (Lipinski definition) is 2. The summed E-state index contributed by atoms with van der Waals surface area (Å²) >= 11 is 0. The zero-order valence-electron chi connectivity index (χ0n) is 12.5. The minimum absolute atomic E-state index is 0.0377. The number of rotatable bonds is 4. The van der Waals surface area contributed by atoms with Crippen molar-refractivity contribution in [3.8, 4) is 0 Å². The van der Waals surface area contributed by atoms with E-state index in [9.17, 15) is 4.79 Å². The Kier molecular flexibility index (Phi) is 5.01. The second-order valence-electron chi connectivity index (χ2n) is 5.79. The molecule has 1 amide bonds. The van der Waals surface area contributed by atoms with Crippen molar-refractivity contribution in [1.82, 2.24) is 10.2 Å². The van der Waals surface area contributed by atoms with E-state index in [0.717, 1.165) is 18.7 Å². The van der Waals surface area contributed by atoms with Gasteiger partial charge in [-0.15, -0.1) is 0 Å². The monoisotopic (exact) mass is 275 g/mol. The third kappa shape index (κ3) is 3.97. The summed E-state index contributed by atoms with van der Waals surface area (Å²) in [6.45, 7) is 7.11. The lowest BCUT2D eigenvalue weighted by molar-refractivity contribution is 0.0930. The molecule has 0 radical (unpaired) electrons. The molecule has 1 fully saturated rings. The first kappa shape index (κ1) is 14.9. The van der Waals surface area contributed by atoms with Gasteiger partial charge < -0.3 is 11.1 Å². The topological polar surface area (TPSA) is 58.4 Å². The number of hydrogen-bond acceptors (Lipinski definition) is 3. The van der Waals surface area contributed by atoms with E-state index in [1.165, 1.54) is 19.3 Å². The number of aryl methyl sites for hydroxylation is 1. The molecule has 20 heavy (non-hydrogen) atoms. The van der Waals surface area contributed by atoms with E-state index >= 15 is 0 Å². The fraction of sp³-hybridized carbons (Fsp3) is 0.562. The van der Waals surface area contributed by atoms with Gasteiger partial charge in [0.05, 0.1) is 0 Å². The summed E-state index contributed by atoms with van der Waals surface area (Å²) in [5.74, 6) is -0.0377. The minimum atomic E-state index is -0.0377. The van der Waals surface area contributed by atoms with Gasteiger partial charge in [-0.05, 0) is 63.5 Å². The smallest absolute Gasteiger partial charge is 0.251 e. The van der Waals surface area contributed by atoms with Gasteiger partial charge in [-0.1, -0.05) is 6.42 Å². The highest BCUT2D eigenvalue weighted by atomic mass is 16.1. The lowest BCUT2D eigenvalue weighted by Gasteiger charge is -2.32. The van der Waals surface area contributed by atoms with E-state index in [-0.39, 0.29) is 5.91 Å². The maximum atomic E-state index is 12.2. The van der Waals surface area contributed by atoms with Crippen molar-refractivity contribution < 1.29 is 4.79 Å². The van der Waals surface area contributed by atoms with Gasteiger partial charge in [-0.25, -0.2) is 0 Å². The Labute approximate surface area is 121 Å². The Hall–Kier alpha value is -1.55. The van der Waals surface area contributed by atoms with Crippen molar-refractivity contribution >= 4 is 11.6 Å². The van der Waals surface area contributed by atoms with Crippen LogP contribution in [0.5, 0.6) is 0 Å². The number of carbonyl (C=O) groups is 1. The molecule has 1 aromatic carbocycles. The second-order valence-corrected chi connectivity index (χ2v) is 5.79. The van der Waals surface area contributed by atoms with Crippen molar-refractivity contribution in [2.24, 2.45) is 0 Å². The number of carbonyl (C=O) groups excluding carboxylic acids is 1. The molecule has 1 aliphatic heterocycles. The van der Waals surface area contributed by atoms with Crippen LogP contribution in [0.15, 0.2) is 18.2 Å². The van der Waals surface area contributed by atoms with Gasteiger partial charge in [0.2, 0.25) is 0 Å². The zero-order chi connectivity index (χ0) is 14.5. The number of benzene rings is 1. The van der Waals surface area contributed by atoms with Gasteiger partial charge in [0.1, 0.15) is 0 Å². The number of piperidine rings is 1. The van der Waals surface area contributed by atoms with Crippen LogP contribution in [0.25, 0.3) is 0 Å². The zero-order valence-corrected chi connectivity index (χ0v) is 12.5. The standard InChI is InChI=1S/C16H25N3O/c1-12-8-14(10-15(17)9-12)16(20)18-11-13(2)19-6-4-3-5-7-19/h8-10,13H,3-7,11,17H2,1-2H3,(H,18,20). The van der Waals surface area contributed by atoms with Crippen LogP contribution >= 0.6 is 0 Å². The van der Waals surface area contributed by atoms with Gasteiger partial charge in [-0.2, -0.15) is 0 Å². The van der Waals surface area contributed by atoms with Crippen molar-refractivity contribution in [1.29, 1.82) is 0 Å². The Morgan fingerprint density at radius 2 is 2.00 bits per heavy atom. The number of nitrogens with two attached hydrogens (primary N) is 1. The van der Waals surface area contributed by atoms with Crippen LogP contribution in [0.4, 0.5) is 5.69 Å². The van der Waals surface area contributed by atoms with Gasteiger partial charge in [0.15, 0.2) is 0 Å². The van der Waals surface area contributed by atoms with E-state index in [1.807, 2.05) is 19.1 Å². The molecule has 2 rings (SSSR count). The summed E-state index contributed by atoms with van der Waals surface area (Å²) in [5.41, 5.74) is 8.08. The molecular formula is C16H25N3O. The van der Waals surface area contributed by atoms with Crippen LogP contribution in [0, 0.1) is 6.92 Å². The lowest BCUT2D eigenvalue weighted by atomic mass is 10.1. The van der Waals surface area contributed by atoms with Crippen LogP contribution in [0.2, 0.25) is 0 Å². The molecular weight excluding hydrogens is 250 g/mol. The van der Waals surface area contributed by atoms with E-state index in [2.05, 4.69) is 17.1 Å². The molecule has 1 unspecified atom stereocenters. The lowest BCUT2D eigenvalue weighted by Crippen LogP contribution is -2.44. The number of nitrogens with zero attached hydrogens (tertiary/aromatic N) is 1. The van der Waals surface area contributed by atoms with Gasteiger partial charge in [0.25, 0.3) is 5.91 Å². The largest absolute Gasteiger partial charge is 0.399 e. The van der Waals surface area contributed by atoms with E-state index in [4.69, 9.17) is 5.73 Å². The molecule has 3 N–H and O–H groups in total. The number of nitrogens with one attached hydrogen (secondary N) is 1. The first-order valence-corrected chi connectivity index (χ1v) is 7.45. The molecule has 110 valence electrons. The SMILES string of the molecule is Cc1cc(N)cc(C(=O)NCC(C)N2CCCCC2)c1.